The van der Waals surface area contributed by atoms with Crippen LogP contribution in [0.15, 0.2) is 36.5 Å². The Hall–Kier alpha value is -3.00. The smallest absolute Gasteiger partial charge is 0.272 e. The van der Waals surface area contributed by atoms with Gasteiger partial charge in [0.2, 0.25) is 0 Å². The molecule has 8 nitrogen and oxygen atoms in total. The van der Waals surface area contributed by atoms with Crippen LogP contribution >= 0.6 is 0 Å². The molecule has 8 heteroatoms. The Kier molecular flexibility index (Phi) is 5.36. The molecule has 0 radical (unpaired) electrons. The predicted molar refractivity (Wildman–Crippen MR) is 102 cm³/mol. The largest absolute Gasteiger partial charge is 0.372 e. The van der Waals surface area contributed by atoms with Gasteiger partial charge in [0.05, 0.1) is 29.0 Å². The molecule has 142 valence electrons. The molecule has 0 spiro atoms. The molecule has 1 fully saturated rings. The number of ether oxygens (including phenoxy) is 1. The van der Waals surface area contributed by atoms with Gasteiger partial charge in [-0.2, -0.15) is 0 Å². The Bertz CT molecular complexity index is 843. The number of nitrogens with one attached hydrogen (secondary N) is 1. The predicted octanol–water partition coefficient (Wildman–Crippen LogP) is 3.16. The summed E-state index contributed by atoms with van der Waals surface area (Å²) in [5.74, 6) is 0.498. The van der Waals surface area contributed by atoms with Crippen LogP contribution in [-0.2, 0) is 4.74 Å². The highest BCUT2D eigenvalue weighted by Crippen LogP contribution is 2.21. The van der Waals surface area contributed by atoms with Gasteiger partial charge in [0.1, 0.15) is 5.82 Å². The summed E-state index contributed by atoms with van der Waals surface area (Å²) in [6, 6.07) is 7.95. The summed E-state index contributed by atoms with van der Waals surface area (Å²) in [5, 5.41) is 13.6. The van der Waals surface area contributed by atoms with Gasteiger partial charge in [-0.1, -0.05) is 0 Å². The summed E-state index contributed by atoms with van der Waals surface area (Å²) >= 11 is 0. The molecule has 2 heterocycles. The van der Waals surface area contributed by atoms with Crippen molar-refractivity contribution in [2.75, 3.05) is 23.3 Å². The topological polar surface area (TPSA) is 97.6 Å². The monoisotopic (exact) mass is 370 g/mol. The van der Waals surface area contributed by atoms with Crippen LogP contribution in [0.3, 0.4) is 0 Å². The Morgan fingerprint density at radius 1 is 1.26 bits per heavy atom. The van der Waals surface area contributed by atoms with Crippen LogP contribution in [0.1, 0.15) is 29.8 Å². The second kappa shape index (κ2) is 7.71. The van der Waals surface area contributed by atoms with Crippen molar-refractivity contribution in [1.82, 2.24) is 4.98 Å². The third-order valence-corrected chi connectivity index (χ3v) is 4.41. The SMILES string of the molecule is Cc1cc(C(=O)Nc2ccc(N3CC(C)OC(C)C3)nc2)ccc1[N+](=O)[O-]. The summed E-state index contributed by atoms with van der Waals surface area (Å²) in [6.45, 7) is 7.21. The third-order valence-electron chi connectivity index (χ3n) is 4.41. The van der Waals surface area contributed by atoms with Gasteiger partial charge in [-0.3, -0.25) is 14.9 Å². The van der Waals surface area contributed by atoms with Crippen LogP contribution < -0.4 is 10.2 Å². The number of hydrogen-bond donors (Lipinski definition) is 1. The zero-order chi connectivity index (χ0) is 19.6. The normalized spacial score (nSPS) is 19.6. The lowest BCUT2D eigenvalue weighted by Crippen LogP contribution is -2.45. The van der Waals surface area contributed by atoms with Crippen molar-refractivity contribution in [3.8, 4) is 0 Å². The maximum absolute atomic E-state index is 12.4. The van der Waals surface area contributed by atoms with Crippen molar-refractivity contribution in [1.29, 1.82) is 0 Å². The number of morpholine rings is 1. The first kappa shape index (κ1) is 18.8. The molecule has 1 aliphatic rings. The van der Waals surface area contributed by atoms with Crippen LogP contribution in [0.25, 0.3) is 0 Å². The number of aryl methyl sites for hydroxylation is 1. The van der Waals surface area contributed by atoms with E-state index in [-0.39, 0.29) is 23.8 Å². The van der Waals surface area contributed by atoms with Gasteiger partial charge in [-0.15, -0.1) is 0 Å². The van der Waals surface area contributed by atoms with E-state index >= 15 is 0 Å². The Morgan fingerprint density at radius 3 is 2.52 bits per heavy atom. The minimum Gasteiger partial charge on any atom is -0.372 e. The van der Waals surface area contributed by atoms with Crippen molar-refractivity contribution in [2.45, 2.75) is 33.0 Å². The van der Waals surface area contributed by atoms with Crippen LogP contribution in [0.2, 0.25) is 0 Å². The van der Waals surface area contributed by atoms with Crippen LogP contribution in [0.5, 0.6) is 0 Å². The van der Waals surface area contributed by atoms with Gasteiger partial charge in [0.25, 0.3) is 11.6 Å². The lowest BCUT2D eigenvalue weighted by atomic mass is 10.1. The van der Waals surface area contributed by atoms with Gasteiger partial charge in [-0.25, -0.2) is 4.98 Å². The zero-order valence-corrected chi connectivity index (χ0v) is 15.5. The molecular formula is C19H22N4O4. The number of nitro groups is 1. The number of nitrogens with zero attached hydrogens (tertiary/aromatic N) is 3. The maximum atomic E-state index is 12.4. The molecule has 2 aromatic rings. The van der Waals surface area contributed by atoms with Gasteiger partial charge in [0, 0.05) is 30.3 Å². The number of anilines is 2. The fourth-order valence-electron chi connectivity index (χ4n) is 3.22. The molecule has 1 amide bonds. The molecule has 27 heavy (non-hydrogen) atoms. The molecule has 0 saturated carbocycles. The fourth-order valence-corrected chi connectivity index (χ4v) is 3.22. The van der Waals surface area contributed by atoms with Crippen LogP contribution in [0.4, 0.5) is 17.2 Å². The molecule has 0 aliphatic carbocycles. The first-order valence-corrected chi connectivity index (χ1v) is 8.76. The van der Waals surface area contributed by atoms with Gasteiger partial charge < -0.3 is 15.0 Å². The number of rotatable bonds is 4. The quantitative estimate of drug-likeness (QED) is 0.656. The van der Waals surface area contributed by atoms with Gasteiger partial charge in [0.15, 0.2) is 0 Å². The average Bonchev–Trinajstić information content (AvgIpc) is 2.61. The summed E-state index contributed by atoms with van der Waals surface area (Å²) < 4.78 is 5.73. The Balaban J connectivity index is 1.68. The lowest BCUT2D eigenvalue weighted by Gasteiger charge is -2.36. The molecule has 1 saturated heterocycles. The van der Waals surface area contributed by atoms with Crippen molar-refractivity contribution >= 4 is 23.1 Å². The number of nitro benzene ring substituents is 1. The molecule has 0 bridgehead atoms. The first-order chi connectivity index (χ1) is 12.8. The van der Waals surface area contributed by atoms with E-state index < -0.39 is 4.92 Å². The Labute approximate surface area is 157 Å². The minimum absolute atomic E-state index is 0.00784. The van der Waals surface area contributed by atoms with E-state index in [2.05, 4.69) is 15.2 Å². The summed E-state index contributed by atoms with van der Waals surface area (Å²) in [6.07, 6.45) is 1.89. The number of pyridine rings is 1. The summed E-state index contributed by atoms with van der Waals surface area (Å²) in [4.78, 5) is 29.4. The standard InChI is InChI=1S/C19H22N4O4/c1-12-8-15(4-6-17(12)23(25)26)19(24)21-16-5-7-18(20-9-16)22-10-13(2)27-14(3)11-22/h4-9,13-14H,10-11H2,1-3H3,(H,21,24). The average molecular weight is 370 g/mol. The van der Waals surface area contributed by atoms with Crippen LogP contribution in [0, 0.1) is 17.0 Å². The number of amides is 1. The van der Waals surface area contributed by atoms with Crippen LogP contribution in [-0.4, -0.2) is 41.1 Å². The highest BCUT2D eigenvalue weighted by atomic mass is 16.6. The molecule has 2 unspecified atom stereocenters. The lowest BCUT2D eigenvalue weighted by molar-refractivity contribution is -0.385. The number of carbonyl (C=O) groups is 1. The maximum Gasteiger partial charge on any atom is 0.272 e. The second-order valence-electron chi connectivity index (χ2n) is 6.78. The minimum atomic E-state index is -0.465. The van der Waals surface area contributed by atoms with Gasteiger partial charge in [-0.05, 0) is 45.0 Å². The molecular weight excluding hydrogens is 348 g/mol. The van der Waals surface area contributed by atoms with Crippen molar-refractivity contribution in [3.05, 3.63) is 57.8 Å². The molecule has 2 atom stereocenters. The van der Waals surface area contributed by atoms with Gasteiger partial charge >= 0.3 is 0 Å². The molecule has 1 aromatic carbocycles. The van der Waals surface area contributed by atoms with Crippen molar-refractivity contribution in [3.63, 3.8) is 0 Å². The first-order valence-electron chi connectivity index (χ1n) is 8.76. The zero-order valence-electron chi connectivity index (χ0n) is 15.5. The van der Waals surface area contributed by atoms with E-state index in [0.29, 0.717) is 16.8 Å². The van der Waals surface area contributed by atoms with Crippen molar-refractivity contribution in [2.24, 2.45) is 0 Å². The van der Waals surface area contributed by atoms with E-state index in [9.17, 15) is 14.9 Å². The number of hydrogen-bond acceptors (Lipinski definition) is 6. The Morgan fingerprint density at radius 2 is 1.96 bits per heavy atom. The second-order valence-corrected chi connectivity index (χ2v) is 6.78. The fraction of sp³-hybridized carbons (Fsp3) is 0.368. The summed E-state index contributed by atoms with van der Waals surface area (Å²) in [7, 11) is 0. The molecule has 3 rings (SSSR count). The number of aromatic nitrogens is 1. The van der Waals surface area contributed by atoms with E-state index in [1.807, 2.05) is 19.9 Å². The van der Waals surface area contributed by atoms with E-state index in [1.54, 1.807) is 19.2 Å². The third kappa shape index (κ3) is 4.40. The van der Waals surface area contributed by atoms with E-state index in [0.717, 1.165) is 18.9 Å². The van der Waals surface area contributed by atoms with Crippen molar-refractivity contribution < 1.29 is 14.5 Å². The van der Waals surface area contributed by atoms with E-state index in [4.69, 9.17) is 4.74 Å². The highest BCUT2D eigenvalue weighted by molar-refractivity contribution is 6.04. The summed E-state index contributed by atoms with van der Waals surface area (Å²) in [5.41, 5.74) is 1.36. The number of benzene rings is 1. The number of carbonyl (C=O) groups excluding carboxylic acids is 1. The highest BCUT2D eigenvalue weighted by Gasteiger charge is 2.23. The van der Waals surface area contributed by atoms with E-state index in [1.165, 1.54) is 18.2 Å². The molecule has 1 N–H and O–H groups in total. The molecule has 1 aliphatic heterocycles. The molecule has 1 aromatic heterocycles.